The third-order valence-electron chi connectivity index (χ3n) is 4.60. The van der Waals surface area contributed by atoms with Gasteiger partial charge in [-0.3, -0.25) is 9.47 Å². The van der Waals surface area contributed by atoms with Crippen molar-refractivity contribution in [1.82, 2.24) is 19.2 Å². The van der Waals surface area contributed by atoms with E-state index in [1.54, 1.807) is 6.33 Å². The van der Waals surface area contributed by atoms with Crippen LogP contribution in [0.5, 0.6) is 0 Å². The van der Waals surface area contributed by atoms with Gasteiger partial charge < -0.3 is 4.90 Å². The zero-order valence-electron chi connectivity index (χ0n) is 14.0. The predicted molar refractivity (Wildman–Crippen MR) is 103 cm³/mol. The van der Waals surface area contributed by atoms with E-state index in [9.17, 15) is 0 Å². The van der Waals surface area contributed by atoms with Gasteiger partial charge in [0, 0.05) is 37.6 Å². The molecule has 128 valence electrons. The van der Waals surface area contributed by atoms with Gasteiger partial charge in [0.1, 0.15) is 6.33 Å². The molecule has 0 bridgehead atoms. The fraction of sp³-hybridized carbons (Fsp3) is 0.263. The van der Waals surface area contributed by atoms with Gasteiger partial charge in [0.2, 0.25) is 4.77 Å². The molecule has 3 aromatic rings. The van der Waals surface area contributed by atoms with Gasteiger partial charge in [-0.2, -0.15) is 5.10 Å². The Morgan fingerprint density at radius 2 is 1.40 bits per heavy atom. The van der Waals surface area contributed by atoms with E-state index >= 15 is 0 Å². The lowest BCUT2D eigenvalue weighted by Crippen LogP contribution is -2.46. The molecule has 0 amide bonds. The summed E-state index contributed by atoms with van der Waals surface area (Å²) in [5.41, 5.74) is 2.35. The van der Waals surface area contributed by atoms with Gasteiger partial charge in [0.25, 0.3) is 0 Å². The normalized spacial score (nSPS) is 15.4. The smallest absolute Gasteiger partial charge is 0.203 e. The predicted octanol–water partition coefficient (Wildman–Crippen LogP) is 3.18. The molecule has 6 heteroatoms. The van der Waals surface area contributed by atoms with Crippen molar-refractivity contribution in [2.75, 3.05) is 31.1 Å². The maximum atomic E-state index is 5.60. The Morgan fingerprint density at radius 3 is 2.04 bits per heavy atom. The second-order valence-electron chi connectivity index (χ2n) is 6.20. The molecule has 1 fully saturated rings. The van der Waals surface area contributed by atoms with Crippen LogP contribution in [0.3, 0.4) is 0 Å². The highest BCUT2D eigenvalue weighted by Gasteiger charge is 2.18. The van der Waals surface area contributed by atoms with Crippen molar-refractivity contribution in [1.29, 1.82) is 0 Å². The highest BCUT2D eigenvalue weighted by Crippen LogP contribution is 2.16. The molecule has 1 aliphatic rings. The topological polar surface area (TPSA) is 29.2 Å². The maximum absolute atomic E-state index is 5.60. The van der Waals surface area contributed by atoms with Gasteiger partial charge in [-0.15, -0.1) is 0 Å². The number of piperazine rings is 1. The first kappa shape index (κ1) is 16.1. The molecule has 2 aromatic carbocycles. The van der Waals surface area contributed by atoms with E-state index in [1.807, 2.05) is 39.6 Å². The van der Waals surface area contributed by atoms with Crippen LogP contribution in [0.15, 0.2) is 67.0 Å². The van der Waals surface area contributed by atoms with Crippen LogP contribution in [0.2, 0.25) is 0 Å². The molecule has 0 saturated carbocycles. The summed E-state index contributed by atoms with van der Waals surface area (Å²) in [6.45, 7) is 4.80. The van der Waals surface area contributed by atoms with E-state index in [0.717, 1.165) is 43.3 Å². The van der Waals surface area contributed by atoms with Crippen LogP contribution in [0.25, 0.3) is 5.69 Å². The number of hydrogen-bond donors (Lipinski definition) is 0. The largest absolute Gasteiger partial charge is 0.369 e. The Hall–Kier alpha value is -2.44. The number of benzene rings is 2. The lowest BCUT2D eigenvalue weighted by atomic mass is 10.2. The van der Waals surface area contributed by atoms with E-state index in [-0.39, 0.29) is 0 Å². The van der Waals surface area contributed by atoms with Crippen LogP contribution in [-0.2, 0) is 6.67 Å². The van der Waals surface area contributed by atoms with Crippen LogP contribution in [0, 0.1) is 4.77 Å². The molecule has 25 heavy (non-hydrogen) atoms. The molecule has 0 spiro atoms. The van der Waals surface area contributed by atoms with Crippen LogP contribution < -0.4 is 4.90 Å². The van der Waals surface area contributed by atoms with E-state index in [4.69, 9.17) is 12.2 Å². The Balaban J connectivity index is 1.41. The third-order valence-corrected chi connectivity index (χ3v) is 5.00. The first-order valence-electron chi connectivity index (χ1n) is 8.53. The Labute approximate surface area is 152 Å². The lowest BCUT2D eigenvalue weighted by Gasteiger charge is -2.35. The molecule has 0 aliphatic carbocycles. The minimum Gasteiger partial charge on any atom is -0.369 e. The minimum atomic E-state index is 0.733. The van der Waals surface area contributed by atoms with Gasteiger partial charge in [0.05, 0.1) is 6.67 Å². The summed E-state index contributed by atoms with van der Waals surface area (Å²) < 4.78 is 4.59. The Kier molecular flexibility index (Phi) is 4.63. The second-order valence-corrected chi connectivity index (χ2v) is 6.57. The summed E-state index contributed by atoms with van der Waals surface area (Å²) in [7, 11) is 0. The molecule has 4 rings (SSSR count). The summed E-state index contributed by atoms with van der Waals surface area (Å²) in [6, 6.07) is 20.7. The zero-order valence-corrected chi connectivity index (χ0v) is 14.8. The fourth-order valence-electron chi connectivity index (χ4n) is 3.18. The van der Waals surface area contributed by atoms with Crippen molar-refractivity contribution in [3.8, 4) is 5.69 Å². The van der Waals surface area contributed by atoms with E-state index < -0.39 is 0 Å². The van der Waals surface area contributed by atoms with Gasteiger partial charge in [-0.1, -0.05) is 36.4 Å². The second kappa shape index (κ2) is 7.21. The Bertz CT molecular complexity index is 864. The quantitative estimate of drug-likeness (QED) is 0.675. The van der Waals surface area contributed by atoms with Crippen molar-refractivity contribution in [3.63, 3.8) is 0 Å². The first-order valence-corrected chi connectivity index (χ1v) is 8.94. The number of para-hydroxylation sites is 2. The van der Waals surface area contributed by atoms with Crippen LogP contribution in [0.4, 0.5) is 5.69 Å². The number of anilines is 1. The number of rotatable bonds is 4. The first-order chi connectivity index (χ1) is 12.3. The van der Waals surface area contributed by atoms with Crippen molar-refractivity contribution in [2.45, 2.75) is 6.67 Å². The van der Waals surface area contributed by atoms with Gasteiger partial charge in [-0.25, -0.2) is 4.68 Å². The van der Waals surface area contributed by atoms with Crippen molar-refractivity contribution in [3.05, 3.63) is 71.8 Å². The monoisotopic (exact) mass is 351 g/mol. The molecular weight excluding hydrogens is 330 g/mol. The molecule has 0 N–H and O–H groups in total. The van der Waals surface area contributed by atoms with E-state index in [2.05, 4.69) is 45.2 Å². The van der Waals surface area contributed by atoms with Gasteiger partial charge in [0.15, 0.2) is 0 Å². The van der Waals surface area contributed by atoms with Crippen LogP contribution >= 0.6 is 12.2 Å². The van der Waals surface area contributed by atoms with E-state index in [0.29, 0.717) is 0 Å². The maximum Gasteiger partial charge on any atom is 0.203 e. The highest BCUT2D eigenvalue weighted by molar-refractivity contribution is 7.71. The van der Waals surface area contributed by atoms with Crippen LogP contribution in [-0.4, -0.2) is 45.4 Å². The molecular formula is C19H21N5S. The summed E-state index contributed by atoms with van der Waals surface area (Å²) in [4.78, 5) is 4.83. The summed E-state index contributed by atoms with van der Waals surface area (Å²) >= 11 is 5.60. The van der Waals surface area contributed by atoms with Gasteiger partial charge >= 0.3 is 0 Å². The van der Waals surface area contributed by atoms with Crippen molar-refractivity contribution < 1.29 is 0 Å². The SMILES string of the molecule is S=c1n(-c2ccccc2)cnn1CN1CCN(c2ccccc2)CC1. The molecule has 0 unspecified atom stereocenters. The summed E-state index contributed by atoms with van der Waals surface area (Å²) in [6.07, 6.45) is 1.80. The summed E-state index contributed by atoms with van der Waals surface area (Å²) in [5, 5.41) is 4.48. The number of nitrogens with zero attached hydrogens (tertiary/aromatic N) is 5. The lowest BCUT2D eigenvalue weighted by molar-refractivity contribution is 0.194. The minimum absolute atomic E-state index is 0.733. The van der Waals surface area contributed by atoms with Crippen LogP contribution in [0.1, 0.15) is 0 Å². The van der Waals surface area contributed by atoms with E-state index in [1.165, 1.54) is 5.69 Å². The van der Waals surface area contributed by atoms with Gasteiger partial charge in [-0.05, 0) is 36.5 Å². The number of aromatic nitrogens is 3. The standard InChI is InChI=1S/C19H21N5S/c25-19-23(18-9-5-2-6-10-18)15-20-24(19)16-21-11-13-22(14-12-21)17-7-3-1-4-8-17/h1-10,15H,11-14,16H2. The molecule has 5 nitrogen and oxygen atoms in total. The van der Waals surface area contributed by atoms with Crippen molar-refractivity contribution >= 4 is 17.9 Å². The summed E-state index contributed by atoms with van der Waals surface area (Å²) in [5.74, 6) is 0. The third kappa shape index (κ3) is 3.50. The van der Waals surface area contributed by atoms with Crippen molar-refractivity contribution in [2.24, 2.45) is 0 Å². The molecule has 0 atom stereocenters. The zero-order chi connectivity index (χ0) is 17.1. The molecule has 2 heterocycles. The fourth-order valence-corrected chi connectivity index (χ4v) is 3.43. The molecule has 1 aliphatic heterocycles. The molecule has 0 radical (unpaired) electrons. The molecule has 1 saturated heterocycles. The number of hydrogen-bond acceptors (Lipinski definition) is 4. The average Bonchev–Trinajstić information content (AvgIpc) is 3.04. The molecule has 1 aromatic heterocycles. The Morgan fingerprint density at radius 1 is 0.800 bits per heavy atom. The average molecular weight is 351 g/mol. The highest BCUT2D eigenvalue weighted by atomic mass is 32.1.